The van der Waals surface area contributed by atoms with Gasteiger partial charge in [0.15, 0.2) is 0 Å². The van der Waals surface area contributed by atoms with E-state index in [2.05, 4.69) is 31.4 Å². The van der Waals surface area contributed by atoms with Crippen molar-refractivity contribution < 1.29 is 14.7 Å². The normalized spacial score (nSPS) is 30.4. The summed E-state index contributed by atoms with van der Waals surface area (Å²) in [4.78, 5) is 24.3. The van der Waals surface area contributed by atoms with Gasteiger partial charge in [0.25, 0.3) is 0 Å². The summed E-state index contributed by atoms with van der Waals surface area (Å²) in [5.74, 6) is -0.979. The van der Waals surface area contributed by atoms with Crippen LogP contribution in [0.3, 0.4) is 0 Å². The predicted octanol–water partition coefficient (Wildman–Crippen LogP) is 2.13. The highest BCUT2D eigenvalue weighted by atomic mass is 16.4. The van der Waals surface area contributed by atoms with Gasteiger partial charge in [0.05, 0.1) is 5.41 Å². The Labute approximate surface area is 130 Å². The summed E-state index contributed by atoms with van der Waals surface area (Å²) in [7, 11) is 0. The van der Waals surface area contributed by atoms with E-state index in [1.165, 1.54) is 0 Å². The number of rotatable bonds is 2. The van der Waals surface area contributed by atoms with Crippen LogP contribution in [0.4, 0.5) is 5.69 Å². The first-order valence-corrected chi connectivity index (χ1v) is 7.64. The maximum absolute atomic E-state index is 12.8. The molecule has 22 heavy (non-hydrogen) atoms. The third kappa shape index (κ3) is 2.20. The second-order valence-electron chi connectivity index (χ2n) is 7.55. The molecule has 1 spiro atoms. The van der Waals surface area contributed by atoms with Crippen molar-refractivity contribution in [3.05, 3.63) is 29.8 Å². The molecule has 1 saturated heterocycles. The van der Waals surface area contributed by atoms with Gasteiger partial charge in [0.1, 0.15) is 6.04 Å². The van der Waals surface area contributed by atoms with E-state index in [1.807, 2.05) is 24.3 Å². The Morgan fingerprint density at radius 1 is 1.36 bits per heavy atom. The largest absolute Gasteiger partial charge is 0.480 e. The average molecular weight is 302 g/mol. The topological polar surface area (TPSA) is 78.4 Å². The van der Waals surface area contributed by atoms with Gasteiger partial charge in [-0.05, 0) is 29.9 Å². The summed E-state index contributed by atoms with van der Waals surface area (Å²) >= 11 is 0. The number of nitrogens with one attached hydrogen (secondary N) is 2. The zero-order valence-corrected chi connectivity index (χ0v) is 13.1. The maximum Gasteiger partial charge on any atom is 0.320 e. The number of carbonyl (C=O) groups is 2. The Hall–Kier alpha value is -1.88. The number of aliphatic carboxylic acids is 1. The highest BCUT2D eigenvalue weighted by Crippen LogP contribution is 2.49. The standard InChI is InChI=1S/C17H22N2O3/c1-16(2,3)9-13-17(8-12(18-13)14(20)21)10-6-4-5-7-11(10)19-15(17)22/h4-7,12-13,18H,8-9H2,1-3H3,(H,19,22)(H,20,21). The van der Waals surface area contributed by atoms with Crippen LogP contribution in [0.2, 0.25) is 0 Å². The Morgan fingerprint density at radius 3 is 2.68 bits per heavy atom. The first-order chi connectivity index (χ1) is 10.2. The first kappa shape index (κ1) is 15.0. The van der Waals surface area contributed by atoms with Crippen LogP contribution in [0.1, 0.15) is 39.2 Å². The quantitative estimate of drug-likeness (QED) is 0.782. The van der Waals surface area contributed by atoms with Gasteiger partial charge in [0.2, 0.25) is 5.91 Å². The first-order valence-electron chi connectivity index (χ1n) is 7.64. The van der Waals surface area contributed by atoms with Crippen LogP contribution in [-0.2, 0) is 15.0 Å². The minimum Gasteiger partial charge on any atom is -0.480 e. The number of amides is 1. The summed E-state index contributed by atoms with van der Waals surface area (Å²) in [6, 6.07) is 6.73. The van der Waals surface area contributed by atoms with Crippen molar-refractivity contribution in [3.8, 4) is 0 Å². The van der Waals surface area contributed by atoms with Crippen LogP contribution in [0.25, 0.3) is 0 Å². The third-order valence-corrected chi connectivity index (χ3v) is 4.70. The molecule has 2 aliphatic rings. The number of fused-ring (bicyclic) bond motifs is 2. The number of anilines is 1. The minimum absolute atomic E-state index is 0.00409. The van der Waals surface area contributed by atoms with E-state index in [1.54, 1.807) is 0 Å². The number of para-hydroxylation sites is 1. The van der Waals surface area contributed by atoms with Crippen molar-refractivity contribution in [3.63, 3.8) is 0 Å². The molecule has 1 amide bonds. The molecule has 0 aromatic heterocycles. The van der Waals surface area contributed by atoms with Crippen LogP contribution in [0, 0.1) is 5.41 Å². The predicted molar refractivity (Wildman–Crippen MR) is 83.8 cm³/mol. The van der Waals surface area contributed by atoms with E-state index in [0.717, 1.165) is 17.7 Å². The van der Waals surface area contributed by atoms with E-state index in [-0.39, 0.29) is 17.4 Å². The van der Waals surface area contributed by atoms with Gasteiger partial charge in [0, 0.05) is 11.7 Å². The van der Waals surface area contributed by atoms with Gasteiger partial charge in [-0.15, -0.1) is 0 Å². The fourth-order valence-electron chi connectivity index (χ4n) is 3.80. The van der Waals surface area contributed by atoms with E-state index in [4.69, 9.17) is 0 Å². The van der Waals surface area contributed by atoms with Crippen molar-refractivity contribution in [1.82, 2.24) is 5.32 Å². The van der Waals surface area contributed by atoms with Crippen molar-refractivity contribution in [2.75, 3.05) is 5.32 Å². The lowest BCUT2D eigenvalue weighted by atomic mass is 9.70. The molecule has 2 aliphatic heterocycles. The molecular formula is C17H22N2O3. The van der Waals surface area contributed by atoms with Crippen LogP contribution < -0.4 is 10.6 Å². The highest BCUT2D eigenvalue weighted by Gasteiger charge is 2.59. The Morgan fingerprint density at radius 2 is 2.05 bits per heavy atom. The fourth-order valence-corrected chi connectivity index (χ4v) is 3.80. The molecule has 0 bridgehead atoms. The Balaban J connectivity index is 2.08. The van der Waals surface area contributed by atoms with Crippen LogP contribution in [0.5, 0.6) is 0 Å². The van der Waals surface area contributed by atoms with Crippen molar-refractivity contribution in [2.45, 2.75) is 51.1 Å². The van der Waals surface area contributed by atoms with Gasteiger partial charge >= 0.3 is 5.97 Å². The molecule has 3 N–H and O–H groups in total. The lowest BCUT2D eigenvalue weighted by molar-refractivity contribution is -0.139. The molecule has 5 heteroatoms. The van der Waals surface area contributed by atoms with Gasteiger partial charge in [-0.3, -0.25) is 9.59 Å². The zero-order valence-electron chi connectivity index (χ0n) is 13.1. The molecule has 0 radical (unpaired) electrons. The lowest BCUT2D eigenvalue weighted by Gasteiger charge is -2.33. The van der Waals surface area contributed by atoms with Crippen LogP contribution in [-0.4, -0.2) is 29.1 Å². The molecule has 0 saturated carbocycles. The summed E-state index contributed by atoms with van der Waals surface area (Å²) in [5.41, 5.74) is 0.938. The third-order valence-electron chi connectivity index (χ3n) is 4.70. The zero-order chi connectivity index (χ0) is 16.1. The molecule has 0 aliphatic carbocycles. The van der Waals surface area contributed by atoms with Crippen LogP contribution in [0.15, 0.2) is 24.3 Å². The highest BCUT2D eigenvalue weighted by molar-refractivity contribution is 6.07. The van der Waals surface area contributed by atoms with Gasteiger partial charge in [-0.2, -0.15) is 0 Å². The average Bonchev–Trinajstić information content (AvgIpc) is 2.90. The molecule has 1 aromatic carbocycles. The van der Waals surface area contributed by atoms with Gasteiger partial charge in [-0.1, -0.05) is 39.0 Å². The Bertz CT molecular complexity index is 635. The van der Waals surface area contributed by atoms with Crippen molar-refractivity contribution >= 4 is 17.6 Å². The molecule has 1 aromatic rings. The lowest BCUT2D eigenvalue weighted by Crippen LogP contribution is -2.47. The van der Waals surface area contributed by atoms with Crippen molar-refractivity contribution in [2.24, 2.45) is 5.41 Å². The number of carboxylic acid groups (broad SMARTS) is 1. The number of carboxylic acids is 1. The van der Waals surface area contributed by atoms with E-state index < -0.39 is 17.4 Å². The SMILES string of the molecule is CC(C)(C)CC1NC(C(=O)O)CC12C(=O)Nc1ccccc12. The summed E-state index contributed by atoms with van der Waals surface area (Å²) in [5, 5.41) is 15.5. The fraction of sp³-hybridized carbons (Fsp3) is 0.529. The summed E-state index contributed by atoms with van der Waals surface area (Å²) in [6.07, 6.45) is 1.03. The van der Waals surface area contributed by atoms with E-state index >= 15 is 0 Å². The van der Waals surface area contributed by atoms with Gasteiger partial charge in [-0.25, -0.2) is 0 Å². The van der Waals surface area contributed by atoms with E-state index in [9.17, 15) is 14.7 Å². The second-order valence-corrected chi connectivity index (χ2v) is 7.55. The molecule has 1 fully saturated rings. The smallest absolute Gasteiger partial charge is 0.320 e. The van der Waals surface area contributed by atoms with E-state index in [0.29, 0.717) is 6.42 Å². The number of hydrogen-bond donors (Lipinski definition) is 3. The van der Waals surface area contributed by atoms with Crippen LogP contribution >= 0.6 is 0 Å². The Kier molecular flexibility index (Phi) is 3.29. The molecule has 5 nitrogen and oxygen atoms in total. The van der Waals surface area contributed by atoms with Crippen molar-refractivity contribution in [1.29, 1.82) is 0 Å². The molecule has 2 heterocycles. The molecule has 3 rings (SSSR count). The number of benzene rings is 1. The maximum atomic E-state index is 12.8. The molecule has 3 atom stereocenters. The summed E-state index contributed by atoms with van der Waals surface area (Å²) in [6.45, 7) is 6.32. The van der Waals surface area contributed by atoms with Gasteiger partial charge < -0.3 is 15.7 Å². The monoisotopic (exact) mass is 302 g/mol. The summed E-state index contributed by atoms with van der Waals surface area (Å²) < 4.78 is 0. The molecular weight excluding hydrogens is 280 g/mol. The number of hydrogen-bond acceptors (Lipinski definition) is 3. The number of carbonyl (C=O) groups excluding carboxylic acids is 1. The minimum atomic E-state index is -0.895. The second kappa shape index (κ2) is 4.81. The molecule has 3 unspecified atom stereocenters. The molecule has 118 valence electrons.